The van der Waals surface area contributed by atoms with Gasteiger partial charge in [0.25, 0.3) is 0 Å². The van der Waals surface area contributed by atoms with Gasteiger partial charge in [-0.15, -0.1) is 0 Å². The molecule has 3 heterocycles. The van der Waals surface area contributed by atoms with Crippen LogP contribution in [0.2, 0.25) is 0 Å². The average molecular weight is 422 g/mol. The summed E-state index contributed by atoms with van der Waals surface area (Å²) < 4.78 is 92.4. The molecule has 8 heteroatoms. The Hall–Kier alpha value is -2.87. The van der Waals surface area contributed by atoms with E-state index in [1.165, 1.54) is 0 Å². The number of hydrogen-bond donors (Lipinski definition) is 2. The maximum atomic E-state index is 12.5. The number of nitrogens with two attached hydrogens (primary N) is 1. The molecular formula is C22H30N6O2. The Labute approximate surface area is 192 Å². The van der Waals surface area contributed by atoms with Crippen molar-refractivity contribution in [3.8, 4) is 6.01 Å². The van der Waals surface area contributed by atoms with Crippen LogP contribution in [0, 0.1) is 0 Å². The lowest BCUT2D eigenvalue weighted by molar-refractivity contribution is -0.115. The van der Waals surface area contributed by atoms with Crippen LogP contribution in [0.25, 0.3) is 0 Å². The molecule has 2 aromatic rings. The summed E-state index contributed by atoms with van der Waals surface area (Å²) >= 11 is 0. The van der Waals surface area contributed by atoms with Gasteiger partial charge in [-0.05, 0) is 43.4 Å². The smallest absolute Gasteiger partial charge is 0.320 e. The molecule has 1 saturated heterocycles. The molecule has 3 N–H and O–H groups in total. The predicted octanol–water partition coefficient (Wildman–Crippen LogP) is 2.79. The lowest BCUT2D eigenvalue weighted by Crippen LogP contribution is -2.39. The standard InChI is InChI=1S/C22H30N6O2/c1-2-3-11-30-22-25-20(23)19-21(26-22)28(15-18(29)24-19)14-17-8-6-7-16(12-17)13-27-9-4-5-10-27/h6-8,12H,2-5,9-11,13-15H2,1H3,(H,24,29)(H2,23,25,26)/i1D3,2D2,3D2,11D2,14D2. The van der Waals surface area contributed by atoms with Crippen LogP contribution in [0.15, 0.2) is 24.3 Å². The van der Waals surface area contributed by atoms with Gasteiger partial charge in [0.2, 0.25) is 5.91 Å². The molecule has 160 valence electrons. The predicted molar refractivity (Wildman–Crippen MR) is 117 cm³/mol. The fourth-order valence-corrected chi connectivity index (χ4v) is 3.49. The molecule has 1 fully saturated rings. The molecular weight excluding hydrogens is 380 g/mol. The molecule has 1 aromatic heterocycles. The van der Waals surface area contributed by atoms with Crippen LogP contribution in [-0.4, -0.2) is 47.0 Å². The summed E-state index contributed by atoms with van der Waals surface area (Å²) in [5, 5.41) is 2.44. The summed E-state index contributed by atoms with van der Waals surface area (Å²) in [5.74, 6) is -1.38. The van der Waals surface area contributed by atoms with Crippen molar-refractivity contribution in [2.75, 3.05) is 42.1 Å². The first-order chi connectivity index (χ1) is 18.8. The van der Waals surface area contributed by atoms with E-state index in [0.29, 0.717) is 6.54 Å². The Balaban J connectivity index is 1.71. The van der Waals surface area contributed by atoms with Gasteiger partial charge in [-0.3, -0.25) is 9.69 Å². The number of hydrogen-bond acceptors (Lipinski definition) is 7. The molecule has 1 aromatic carbocycles. The zero-order valence-corrected chi connectivity index (χ0v) is 16.2. The highest BCUT2D eigenvalue weighted by atomic mass is 16.5. The number of nitrogens with zero attached hydrogens (tertiary/aromatic N) is 4. The van der Waals surface area contributed by atoms with E-state index in [2.05, 4.69) is 20.2 Å². The van der Waals surface area contributed by atoms with Crippen LogP contribution in [0.3, 0.4) is 0 Å². The highest BCUT2D eigenvalue weighted by Crippen LogP contribution is 2.34. The van der Waals surface area contributed by atoms with Crippen LogP contribution in [-0.2, 0) is 17.8 Å². The molecule has 0 aliphatic carbocycles. The molecule has 0 bridgehead atoms. The molecule has 30 heavy (non-hydrogen) atoms. The van der Waals surface area contributed by atoms with E-state index in [0.717, 1.165) is 36.4 Å². The fourth-order valence-electron chi connectivity index (χ4n) is 3.49. The van der Waals surface area contributed by atoms with E-state index in [4.69, 9.17) is 25.5 Å². The largest absolute Gasteiger partial charge is 0.463 e. The van der Waals surface area contributed by atoms with Gasteiger partial charge in [-0.25, -0.2) is 0 Å². The zero-order valence-electron chi connectivity index (χ0n) is 27.2. The van der Waals surface area contributed by atoms with Gasteiger partial charge in [-0.1, -0.05) is 37.5 Å². The van der Waals surface area contributed by atoms with Crippen molar-refractivity contribution in [2.45, 2.75) is 45.5 Å². The van der Waals surface area contributed by atoms with Crippen molar-refractivity contribution >= 4 is 23.2 Å². The van der Waals surface area contributed by atoms with E-state index in [-0.39, 0.29) is 17.1 Å². The molecule has 0 unspecified atom stereocenters. The molecule has 8 nitrogen and oxygen atoms in total. The van der Waals surface area contributed by atoms with E-state index in [1.54, 1.807) is 18.2 Å². The van der Waals surface area contributed by atoms with Crippen molar-refractivity contribution in [1.82, 2.24) is 14.9 Å². The number of nitrogen functional groups attached to an aromatic ring is 1. The first kappa shape index (κ1) is 10.9. The molecule has 0 saturated carbocycles. The molecule has 1 amide bonds. The van der Waals surface area contributed by atoms with Gasteiger partial charge in [0.05, 0.1) is 18.6 Å². The maximum Gasteiger partial charge on any atom is 0.320 e. The molecule has 0 spiro atoms. The molecule has 0 radical (unpaired) electrons. The number of ether oxygens (including phenoxy) is 1. The molecule has 2 aliphatic rings. The minimum atomic E-state index is -3.74. The summed E-state index contributed by atoms with van der Waals surface area (Å²) in [4.78, 5) is 23.5. The highest BCUT2D eigenvalue weighted by molar-refractivity contribution is 6.03. The second-order valence-corrected chi connectivity index (χ2v) is 6.97. The number of benzene rings is 1. The van der Waals surface area contributed by atoms with E-state index < -0.39 is 56.9 Å². The number of carbonyl (C=O) groups excluding carboxylic acids is 1. The number of carbonyl (C=O) groups is 1. The number of amides is 1. The summed E-state index contributed by atoms with van der Waals surface area (Å²) in [6.07, 6.45) is -5.25. The number of likely N-dealkylation sites (tertiary alicyclic amines) is 1. The Morgan fingerprint density at radius 2 is 2.13 bits per heavy atom. The minimum absolute atomic E-state index is 0.188. The van der Waals surface area contributed by atoms with Gasteiger partial charge in [-0.2, -0.15) is 9.97 Å². The van der Waals surface area contributed by atoms with Crippen molar-refractivity contribution in [1.29, 1.82) is 0 Å². The number of aromatic nitrogens is 2. The number of nitrogens with one attached hydrogen (secondary N) is 1. The fraction of sp³-hybridized carbons (Fsp3) is 0.500. The molecule has 4 rings (SSSR count). The second-order valence-electron chi connectivity index (χ2n) is 6.97. The van der Waals surface area contributed by atoms with Crippen molar-refractivity contribution in [2.24, 2.45) is 0 Å². The third-order valence-corrected chi connectivity index (χ3v) is 4.77. The number of fused-ring (bicyclic) bond motifs is 1. The Morgan fingerprint density at radius 1 is 1.30 bits per heavy atom. The lowest BCUT2D eigenvalue weighted by Gasteiger charge is -2.30. The van der Waals surface area contributed by atoms with Gasteiger partial charge in [0, 0.05) is 22.6 Å². The first-order valence-corrected chi connectivity index (χ1v) is 9.54. The van der Waals surface area contributed by atoms with Crippen LogP contribution in [0.5, 0.6) is 6.01 Å². The average Bonchev–Trinajstić information content (AvgIpc) is 3.36. The van der Waals surface area contributed by atoms with Crippen molar-refractivity contribution in [3.05, 3.63) is 35.4 Å². The van der Waals surface area contributed by atoms with Crippen LogP contribution in [0.1, 0.15) is 58.6 Å². The van der Waals surface area contributed by atoms with Crippen LogP contribution >= 0.6 is 0 Å². The van der Waals surface area contributed by atoms with Crippen LogP contribution < -0.4 is 20.7 Å². The van der Waals surface area contributed by atoms with E-state index >= 15 is 0 Å². The summed E-state index contributed by atoms with van der Waals surface area (Å²) in [6, 6.07) is 5.87. The quantitative estimate of drug-likeness (QED) is 0.676. The summed E-state index contributed by atoms with van der Waals surface area (Å²) in [7, 11) is 0. The number of rotatable bonds is 8. The Bertz CT molecular complexity index is 1320. The van der Waals surface area contributed by atoms with Gasteiger partial charge < -0.3 is 20.7 Å². The SMILES string of the molecule is [2H]C([2H])(c1cccc(CN2CCCC2)c1)N1CC(=O)Nc2c(N)nc(OC([2H])([2H])C([2H])([2H])C([2H])([2H])C([2H])([2H])[2H])nc21. The third-order valence-electron chi connectivity index (χ3n) is 4.77. The zero-order chi connectivity index (χ0) is 30.6. The monoisotopic (exact) mass is 421 g/mol. The topological polar surface area (TPSA) is 96.6 Å². The van der Waals surface area contributed by atoms with E-state index in [1.807, 2.05) is 6.07 Å². The van der Waals surface area contributed by atoms with Crippen LogP contribution in [0.4, 0.5) is 17.3 Å². The van der Waals surface area contributed by atoms with Gasteiger partial charge in [0.15, 0.2) is 11.6 Å². The summed E-state index contributed by atoms with van der Waals surface area (Å²) in [6.45, 7) is -7.56. The third kappa shape index (κ3) is 4.81. The Kier molecular flexibility index (Phi) is 3.39. The lowest BCUT2D eigenvalue weighted by atomic mass is 10.1. The van der Waals surface area contributed by atoms with Gasteiger partial charge in [0.1, 0.15) is 5.69 Å². The molecule has 2 aliphatic heterocycles. The Morgan fingerprint density at radius 3 is 2.97 bits per heavy atom. The van der Waals surface area contributed by atoms with Crippen molar-refractivity contribution < 1.29 is 24.6 Å². The minimum Gasteiger partial charge on any atom is -0.463 e. The number of anilines is 3. The summed E-state index contributed by atoms with van der Waals surface area (Å²) in [5.41, 5.74) is 6.84. The van der Waals surface area contributed by atoms with Crippen molar-refractivity contribution in [3.63, 3.8) is 0 Å². The van der Waals surface area contributed by atoms with E-state index in [9.17, 15) is 4.79 Å². The normalized spacial score (nSPS) is 24.2. The highest BCUT2D eigenvalue weighted by Gasteiger charge is 2.27. The van der Waals surface area contributed by atoms with Gasteiger partial charge >= 0.3 is 6.01 Å². The molecule has 0 atom stereocenters. The second kappa shape index (κ2) is 9.30. The first-order valence-electron chi connectivity index (χ1n) is 15.0. The maximum absolute atomic E-state index is 12.5.